The van der Waals surface area contributed by atoms with Gasteiger partial charge in [-0.15, -0.1) is 0 Å². The summed E-state index contributed by atoms with van der Waals surface area (Å²) in [7, 11) is -1.95. The molecule has 2 rings (SSSR count). The maximum Gasteiger partial charge on any atom is 0.258 e. The molecule has 0 unspecified atom stereocenters. The van der Waals surface area contributed by atoms with Crippen LogP contribution in [-0.4, -0.2) is 46.7 Å². The van der Waals surface area contributed by atoms with E-state index >= 15 is 0 Å². The lowest BCUT2D eigenvalue weighted by molar-refractivity contribution is -0.124. The van der Waals surface area contributed by atoms with E-state index < -0.39 is 10.0 Å². The second kappa shape index (κ2) is 9.17. The molecule has 7 nitrogen and oxygen atoms in total. The highest BCUT2D eigenvalue weighted by Gasteiger charge is 2.22. The average Bonchev–Trinajstić information content (AvgIpc) is 3.06. The van der Waals surface area contributed by atoms with Crippen LogP contribution in [0, 0.1) is 0 Å². The van der Waals surface area contributed by atoms with Crippen molar-refractivity contribution in [3.8, 4) is 5.75 Å². The minimum atomic E-state index is -3.51. The van der Waals surface area contributed by atoms with Gasteiger partial charge in [0.1, 0.15) is 5.75 Å². The van der Waals surface area contributed by atoms with Crippen LogP contribution in [0.15, 0.2) is 29.2 Å². The lowest BCUT2D eigenvalue weighted by Crippen LogP contribution is -2.38. The van der Waals surface area contributed by atoms with E-state index in [1.54, 1.807) is 19.2 Å². The minimum Gasteiger partial charge on any atom is -0.484 e. The Bertz CT molecular complexity index is 654. The molecular formula is C17H26N2O5S. The highest BCUT2D eigenvalue weighted by Crippen LogP contribution is 2.21. The molecule has 0 spiro atoms. The summed E-state index contributed by atoms with van der Waals surface area (Å²) in [5.41, 5.74) is 0. The second-order valence-corrected chi connectivity index (χ2v) is 8.00. The zero-order valence-electron chi connectivity index (χ0n) is 14.7. The van der Waals surface area contributed by atoms with Gasteiger partial charge < -0.3 is 14.8 Å². The van der Waals surface area contributed by atoms with Crippen LogP contribution in [-0.2, 0) is 19.6 Å². The highest BCUT2D eigenvalue weighted by molar-refractivity contribution is 7.89. The molecule has 0 aliphatic heterocycles. The zero-order valence-corrected chi connectivity index (χ0v) is 15.5. The van der Waals surface area contributed by atoms with Crippen molar-refractivity contribution >= 4 is 15.9 Å². The zero-order chi connectivity index (χ0) is 18.3. The van der Waals surface area contributed by atoms with Gasteiger partial charge in [0.05, 0.1) is 11.5 Å². The monoisotopic (exact) mass is 370 g/mol. The normalized spacial score (nSPS) is 16.6. The van der Waals surface area contributed by atoms with Gasteiger partial charge in [-0.2, -0.15) is 0 Å². The van der Waals surface area contributed by atoms with Crippen LogP contribution in [0.2, 0.25) is 0 Å². The first-order chi connectivity index (χ1) is 11.9. The van der Waals surface area contributed by atoms with Crippen molar-refractivity contribution in [1.82, 2.24) is 10.0 Å². The fraction of sp³-hybridized carbons (Fsp3) is 0.588. The predicted molar refractivity (Wildman–Crippen MR) is 94.0 cm³/mol. The van der Waals surface area contributed by atoms with Crippen LogP contribution >= 0.6 is 0 Å². The van der Waals surface area contributed by atoms with Gasteiger partial charge in [0.2, 0.25) is 10.0 Å². The summed E-state index contributed by atoms with van der Waals surface area (Å²) in [6, 6.07) is 5.99. The van der Waals surface area contributed by atoms with Crippen LogP contribution in [0.3, 0.4) is 0 Å². The summed E-state index contributed by atoms with van der Waals surface area (Å²) in [5.74, 6) is 0.179. The Morgan fingerprint density at radius 1 is 1.24 bits per heavy atom. The molecule has 1 saturated carbocycles. The Morgan fingerprint density at radius 2 is 1.88 bits per heavy atom. The van der Waals surface area contributed by atoms with Crippen molar-refractivity contribution in [2.45, 2.75) is 49.6 Å². The van der Waals surface area contributed by atoms with Crippen LogP contribution in [0.5, 0.6) is 5.75 Å². The molecule has 8 heteroatoms. The third kappa shape index (κ3) is 6.30. The van der Waals surface area contributed by atoms with E-state index in [9.17, 15) is 13.2 Å². The highest BCUT2D eigenvalue weighted by atomic mass is 32.2. The Kier molecular flexibility index (Phi) is 7.22. The maximum absolute atomic E-state index is 12.3. The molecule has 1 aromatic rings. The number of hydrogen-bond acceptors (Lipinski definition) is 5. The van der Waals surface area contributed by atoms with E-state index in [0.717, 1.165) is 25.7 Å². The smallest absolute Gasteiger partial charge is 0.258 e. The summed E-state index contributed by atoms with van der Waals surface area (Å²) in [6.45, 7) is 2.12. The number of methoxy groups -OCH3 is 1. The van der Waals surface area contributed by atoms with Gasteiger partial charge in [-0.25, -0.2) is 13.1 Å². The molecule has 0 radical (unpaired) electrons. The fourth-order valence-electron chi connectivity index (χ4n) is 2.80. The summed E-state index contributed by atoms with van der Waals surface area (Å²) in [4.78, 5) is 11.9. The number of amides is 1. The Hall–Kier alpha value is -1.64. The quantitative estimate of drug-likeness (QED) is 0.686. The van der Waals surface area contributed by atoms with Gasteiger partial charge in [0.15, 0.2) is 6.61 Å². The van der Waals surface area contributed by atoms with Gasteiger partial charge >= 0.3 is 0 Å². The molecule has 1 aromatic carbocycles. The summed E-state index contributed by atoms with van der Waals surface area (Å²) in [6.07, 6.45) is 3.89. The van der Waals surface area contributed by atoms with Crippen molar-refractivity contribution in [2.24, 2.45) is 0 Å². The summed E-state index contributed by atoms with van der Waals surface area (Å²) in [5, 5.41) is 2.73. The number of hydrogen-bond donors (Lipinski definition) is 2. The number of sulfonamides is 1. The summed E-state index contributed by atoms with van der Waals surface area (Å²) < 4.78 is 37.7. The van der Waals surface area contributed by atoms with Crippen LogP contribution in [0.4, 0.5) is 0 Å². The van der Waals surface area contributed by atoms with E-state index in [1.165, 1.54) is 12.1 Å². The average molecular weight is 370 g/mol. The molecule has 1 aliphatic rings. The number of ether oxygens (including phenoxy) is 2. The molecule has 0 heterocycles. The SMILES string of the molecule is COC[C@H](C)NC(=O)COc1ccc(S(=O)(=O)NC2CCCC2)cc1. The number of carbonyl (C=O) groups is 1. The van der Waals surface area contributed by atoms with Crippen LogP contribution in [0.1, 0.15) is 32.6 Å². The van der Waals surface area contributed by atoms with Gasteiger partial charge in [0.25, 0.3) is 5.91 Å². The third-order valence-corrected chi connectivity index (χ3v) is 5.54. The fourth-order valence-corrected chi connectivity index (χ4v) is 4.11. The number of benzene rings is 1. The molecule has 1 fully saturated rings. The van der Waals surface area contributed by atoms with Crippen molar-refractivity contribution < 1.29 is 22.7 Å². The molecule has 0 aromatic heterocycles. The Balaban J connectivity index is 1.85. The molecule has 140 valence electrons. The van der Waals surface area contributed by atoms with Crippen molar-refractivity contribution in [3.05, 3.63) is 24.3 Å². The number of rotatable bonds is 9. The van der Waals surface area contributed by atoms with E-state index in [2.05, 4.69) is 10.0 Å². The molecular weight excluding hydrogens is 344 g/mol. The lowest BCUT2D eigenvalue weighted by atomic mass is 10.3. The maximum atomic E-state index is 12.3. The Morgan fingerprint density at radius 3 is 2.48 bits per heavy atom. The molecule has 2 N–H and O–H groups in total. The van der Waals surface area contributed by atoms with Crippen molar-refractivity contribution in [2.75, 3.05) is 20.3 Å². The van der Waals surface area contributed by atoms with Crippen molar-refractivity contribution in [3.63, 3.8) is 0 Å². The van der Waals surface area contributed by atoms with Gasteiger partial charge in [-0.1, -0.05) is 12.8 Å². The van der Waals surface area contributed by atoms with E-state index in [-0.39, 0.29) is 29.5 Å². The van der Waals surface area contributed by atoms with Gasteiger partial charge in [-0.05, 0) is 44.0 Å². The number of nitrogens with one attached hydrogen (secondary N) is 2. The first kappa shape index (κ1) is 19.7. The predicted octanol–water partition coefficient (Wildman–Crippen LogP) is 1.44. The Labute approximate surface area is 149 Å². The van der Waals surface area contributed by atoms with Crippen LogP contribution < -0.4 is 14.8 Å². The third-order valence-electron chi connectivity index (χ3n) is 4.01. The molecule has 0 bridgehead atoms. The molecule has 0 saturated heterocycles. The lowest BCUT2D eigenvalue weighted by Gasteiger charge is -2.14. The van der Waals surface area contributed by atoms with Crippen LogP contribution in [0.25, 0.3) is 0 Å². The number of carbonyl (C=O) groups excluding carboxylic acids is 1. The van der Waals surface area contributed by atoms with Gasteiger partial charge in [0, 0.05) is 19.2 Å². The second-order valence-electron chi connectivity index (χ2n) is 6.29. The molecule has 1 amide bonds. The largest absolute Gasteiger partial charge is 0.484 e. The van der Waals surface area contributed by atoms with E-state index in [4.69, 9.17) is 9.47 Å². The van der Waals surface area contributed by atoms with Crippen molar-refractivity contribution in [1.29, 1.82) is 0 Å². The minimum absolute atomic E-state index is 0.0266. The first-order valence-corrected chi connectivity index (χ1v) is 9.92. The summed E-state index contributed by atoms with van der Waals surface area (Å²) >= 11 is 0. The van der Waals surface area contributed by atoms with E-state index in [1.807, 2.05) is 6.92 Å². The molecule has 1 aliphatic carbocycles. The van der Waals surface area contributed by atoms with E-state index in [0.29, 0.717) is 12.4 Å². The standard InChI is InChI=1S/C17H26N2O5S/c1-13(11-23-2)18-17(20)12-24-15-7-9-16(10-8-15)25(21,22)19-14-5-3-4-6-14/h7-10,13-14,19H,3-6,11-12H2,1-2H3,(H,18,20)/t13-/m0/s1. The topological polar surface area (TPSA) is 93.7 Å². The van der Waals surface area contributed by atoms with Gasteiger partial charge in [-0.3, -0.25) is 4.79 Å². The molecule has 1 atom stereocenters. The molecule has 25 heavy (non-hydrogen) atoms. The first-order valence-electron chi connectivity index (χ1n) is 8.44.